The van der Waals surface area contributed by atoms with Gasteiger partial charge in [0.05, 0.1) is 17.3 Å². The first kappa shape index (κ1) is 17.3. The minimum atomic E-state index is -0.795. The number of aromatic nitrogens is 5. The normalized spacial score (nSPS) is 10.9. The van der Waals surface area contributed by atoms with E-state index >= 15 is 0 Å². The number of anilines is 1. The highest BCUT2D eigenvalue weighted by molar-refractivity contribution is 5.86. The molecule has 0 amide bonds. The van der Waals surface area contributed by atoms with E-state index in [0.717, 1.165) is 12.1 Å². The van der Waals surface area contributed by atoms with E-state index in [9.17, 15) is 8.78 Å². The average Bonchev–Trinajstić information content (AvgIpc) is 3.05. The van der Waals surface area contributed by atoms with Gasteiger partial charge in [-0.1, -0.05) is 0 Å². The van der Waals surface area contributed by atoms with E-state index < -0.39 is 11.6 Å². The highest BCUT2D eigenvalue weighted by atomic mass is 19.1. The monoisotopic (exact) mass is 378 g/mol. The Morgan fingerprint density at radius 3 is 2.57 bits per heavy atom. The van der Waals surface area contributed by atoms with E-state index in [4.69, 9.17) is 16.8 Å². The lowest BCUT2D eigenvalue weighted by atomic mass is 10.1. The van der Waals surface area contributed by atoms with E-state index in [1.807, 2.05) is 6.07 Å². The number of rotatable bonds is 3. The van der Waals surface area contributed by atoms with Crippen LogP contribution in [0.1, 0.15) is 17.0 Å². The minimum Gasteiger partial charge on any atom is -0.399 e. The van der Waals surface area contributed by atoms with Crippen molar-refractivity contribution in [2.45, 2.75) is 6.42 Å². The zero-order chi connectivity index (χ0) is 19.8. The maximum atomic E-state index is 14.2. The van der Waals surface area contributed by atoms with Crippen molar-refractivity contribution in [1.29, 1.82) is 5.26 Å². The van der Waals surface area contributed by atoms with Crippen LogP contribution in [0, 0.1) is 23.0 Å². The number of fused-ring (bicyclic) bond motifs is 1. The molecule has 4 rings (SSSR count). The van der Waals surface area contributed by atoms with Crippen molar-refractivity contribution in [2.24, 2.45) is 0 Å². The Labute approximate surface area is 157 Å². The maximum Gasteiger partial charge on any atom is 0.183 e. The van der Waals surface area contributed by atoms with Gasteiger partial charge in [-0.2, -0.15) is 5.26 Å². The van der Waals surface area contributed by atoms with Gasteiger partial charge in [0.2, 0.25) is 0 Å². The molecular formula is C18H12F2N8. The lowest BCUT2D eigenvalue weighted by molar-refractivity contribution is 0.560. The largest absolute Gasteiger partial charge is 0.399 e. The molecule has 0 saturated carbocycles. The van der Waals surface area contributed by atoms with Crippen molar-refractivity contribution < 1.29 is 8.78 Å². The van der Waals surface area contributed by atoms with Crippen molar-refractivity contribution in [3.05, 3.63) is 65.4 Å². The first-order valence-electron chi connectivity index (χ1n) is 8.05. The third-order valence-corrected chi connectivity index (χ3v) is 4.10. The molecule has 0 fully saturated rings. The SMILES string of the molecule is N#Cc1ccnc(-c2nc(Cc3c(F)cc(N)cc3F)nc3ncn(N)c23)c1. The van der Waals surface area contributed by atoms with Gasteiger partial charge in [0, 0.05) is 23.9 Å². The van der Waals surface area contributed by atoms with Crippen molar-refractivity contribution >= 4 is 16.9 Å². The number of hydrogen-bond donors (Lipinski definition) is 2. The number of halogens is 2. The molecule has 3 heterocycles. The molecule has 28 heavy (non-hydrogen) atoms. The summed E-state index contributed by atoms with van der Waals surface area (Å²) in [7, 11) is 0. The lowest BCUT2D eigenvalue weighted by Crippen LogP contribution is -2.10. The van der Waals surface area contributed by atoms with E-state index in [0.29, 0.717) is 22.5 Å². The fourth-order valence-corrected chi connectivity index (χ4v) is 2.83. The molecular weight excluding hydrogens is 366 g/mol. The fraction of sp³-hybridized carbons (Fsp3) is 0.0556. The Balaban J connectivity index is 1.89. The third kappa shape index (κ3) is 2.95. The highest BCUT2D eigenvalue weighted by Gasteiger charge is 2.18. The summed E-state index contributed by atoms with van der Waals surface area (Å²) in [6.07, 6.45) is 2.57. The summed E-state index contributed by atoms with van der Waals surface area (Å²) < 4.78 is 29.6. The van der Waals surface area contributed by atoms with Crippen LogP contribution in [0.5, 0.6) is 0 Å². The van der Waals surface area contributed by atoms with Crippen molar-refractivity contribution in [2.75, 3.05) is 11.6 Å². The molecule has 3 aromatic heterocycles. The van der Waals surface area contributed by atoms with Crippen molar-refractivity contribution in [1.82, 2.24) is 24.6 Å². The van der Waals surface area contributed by atoms with Crippen LogP contribution in [0.25, 0.3) is 22.6 Å². The molecule has 0 aliphatic heterocycles. The van der Waals surface area contributed by atoms with Gasteiger partial charge in [-0.3, -0.25) is 4.98 Å². The van der Waals surface area contributed by atoms with E-state index in [-0.39, 0.29) is 29.1 Å². The van der Waals surface area contributed by atoms with Crippen LogP contribution < -0.4 is 11.6 Å². The predicted octanol–water partition coefficient (Wildman–Crippen LogP) is 1.92. The van der Waals surface area contributed by atoms with E-state index in [1.54, 1.807) is 6.07 Å². The minimum absolute atomic E-state index is 0.0183. The number of nitrogens with two attached hydrogens (primary N) is 2. The summed E-state index contributed by atoms with van der Waals surface area (Å²) >= 11 is 0. The first-order chi connectivity index (χ1) is 13.5. The summed E-state index contributed by atoms with van der Waals surface area (Å²) in [6.45, 7) is 0. The summed E-state index contributed by atoms with van der Waals surface area (Å²) in [5.74, 6) is 4.43. The van der Waals surface area contributed by atoms with Crippen molar-refractivity contribution in [3.8, 4) is 17.5 Å². The smallest absolute Gasteiger partial charge is 0.183 e. The molecule has 4 aromatic rings. The molecule has 0 atom stereocenters. The molecule has 138 valence electrons. The van der Waals surface area contributed by atoms with Gasteiger partial charge in [-0.15, -0.1) is 0 Å². The van der Waals surface area contributed by atoms with Gasteiger partial charge in [-0.05, 0) is 24.3 Å². The number of benzene rings is 1. The lowest BCUT2D eigenvalue weighted by Gasteiger charge is -2.09. The molecule has 1 aromatic carbocycles. The van der Waals surface area contributed by atoms with Gasteiger partial charge in [0.15, 0.2) is 5.65 Å². The van der Waals surface area contributed by atoms with E-state index in [1.165, 1.54) is 23.3 Å². The van der Waals surface area contributed by atoms with E-state index in [2.05, 4.69) is 19.9 Å². The average molecular weight is 378 g/mol. The summed E-state index contributed by atoms with van der Waals surface area (Å²) in [5, 5.41) is 9.12. The summed E-state index contributed by atoms with van der Waals surface area (Å²) in [4.78, 5) is 17.0. The Hall–Kier alpha value is -4.13. The molecule has 0 saturated heterocycles. The standard InChI is InChI=1S/C18H12F2N8/c19-12-4-10(22)5-13(20)11(12)6-15-26-16(14-3-9(7-21)1-2-24-14)17-18(27-15)25-8-28(17)23/h1-5,8H,6,22-23H2. The van der Waals surface area contributed by atoms with Crippen LogP contribution in [-0.4, -0.2) is 24.6 Å². The molecule has 4 N–H and O–H groups in total. The Morgan fingerprint density at radius 1 is 1.11 bits per heavy atom. The number of imidazole rings is 1. The molecule has 0 bridgehead atoms. The molecule has 8 nitrogen and oxygen atoms in total. The van der Waals surface area contributed by atoms with Crippen LogP contribution in [0.3, 0.4) is 0 Å². The summed E-state index contributed by atoms with van der Waals surface area (Å²) in [6, 6.07) is 7.16. The Morgan fingerprint density at radius 2 is 1.86 bits per heavy atom. The second-order valence-electron chi connectivity index (χ2n) is 5.99. The quantitative estimate of drug-likeness (QED) is 0.411. The second kappa shape index (κ2) is 6.55. The number of hydrogen-bond acceptors (Lipinski definition) is 7. The van der Waals surface area contributed by atoms with Gasteiger partial charge in [-0.25, -0.2) is 28.4 Å². The van der Waals surface area contributed by atoms with Gasteiger partial charge < -0.3 is 11.6 Å². The van der Waals surface area contributed by atoms with Gasteiger partial charge in [0.25, 0.3) is 0 Å². The van der Waals surface area contributed by atoms with Gasteiger partial charge >= 0.3 is 0 Å². The predicted molar refractivity (Wildman–Crippen MR) is 97.0 cm³/mol. The number of nitriles is 1. The van der Waals surface area contributed by atoms with Crippen molar-refractivity contribution in [3.63, 3.8) is 0 Å². The summed E-state index contributed by atoms with van der Waals surface area (Å²) in [5.41, 5.74) is 6.87. The van der Waals surface area contributed by atoms with Crippen LogP contribution in [0.2, 0.25) is 0 Å². The van der Waals surface area contributed by atoms with Crippen LogP contribution in [0.15, 0.2) is 36.8 Å². The Kier molecular flexibility index (Phi) is 4.04. The molecule has 0 aliphatic carbocycles. The molecule has 0 aliphatic rings. The zero-order valence-corrected chi connectivity index (χ0v) is 14.3. The third-order valence-electron chi connectivity index (χ3n) is 4.10. The zero-order valence-electron chi connectivity index (χ0n) is 14.3. The maximum absolute atomic E-state index is 14.2. The second-order valence-corrected chi connectivity index (χ2v) is 5.99. The molecule has 0 unspecified atom stereocenters. The number of nitrogen functional groups attached to an aromatic ring is 2. The van der Waals surface area contributed by atoms with Crippen LogP contribution in [0.4, 0.5) is 14.5 Å². The topological polar surface area (TPSA) is 132 Å². The Bertz CT molecular complexity index is 1240. The number of pyridine rings is 1. The highest BCUT2D eigenvalue weighted by Crippen LogP contribution is 2.26. The van der Waals surface area contributed by atoms with Crippen LogP contribution in [-0.2, 0) is 6.42 Å². The molecule has 10 heteroatoms. The van der Waals surface area contributed by atoms with Crippen LogP contribution >= 0.6 is 0 Å². The first-order valence-corrected chi connectivity index (χ1v) is 8.05. The van der Waals surface area contributed by atoms with Gasteiger partial charge in [0.1, 0.15) is 35.0 Å². The fourth-order valence-electron chi connectivity index (χ4n) is 2.83. The molecule has 0 radical (unpaired) electrons. The number of nitrogens with zero attached hydrogens (tertiary/aromatic N) is 6. The molecule has 0 spiro atoms.